The van der Waals surface area contributed by atoms with Gasteiger partial charge in [0.2, 0.25) is 0 Å². The van der Waals surface area contributed by atoms with Gasteiger partial charge in [0.15, 0.2) is 18.1 Å². The third-order valence-corrected chi connectivity index (χ3v) is 4.31. The lowest BCUT2D eigenvalue weighted by Gasteiger charge is -2.21. The van der Waals surface area contributed by atoms with Crippen LogP contribution >= 0.6 is 0 Å². The minimum atomic E-state index is -0.508. The Labute approximate surface area is 162 Å². The van der Waals surface area contributed by atoms with E-state index in [9.17, 15) is 14.0 Å². The topological polar surface area (TPSA) is 65.1 Å². The van der Waals surface area contributed by atoms with E-state index in [4.69, 9.17) is 14.2 Å². The molecule has 6 nitrogen and oxygen atoms in total. The summed E-state index contributed by atoms with van der Waals surface area (Å²) in [6, 6.07) is 11.3. The lowest BCUT2D eigenvalue weighted by atomic mass is 10.1. The molecule has 1 amide bonds. The first kappa shape index (κ1) is 19.7. The van der Waals surface area contributed by atoms with Crippen molar-refractivity contribution in [3.63, 3.8) is 0 Å². The standard InChI is InChI=1S/C21H22FNO5/c1-2-23(13-16-4-3-5-17(22)10-16)20(24)14-28-21(25)12-15-6-7-18-19(11-15)27-9-8-26-18/h3-7,10-11H,2,8-9,12-14H2,1H3. The van der Waals surface area contributed by atoms with Crippen molar-refractivity contribution in [3.05, 3.63) is 59.4 Å². The van der Waals surface area contributed by atoms with E-state index < -0.39 is 5.97 Å². The molecule has 28 heavy (non-hydrogen) atoms. The number of amides is 1. The number of fused-ring (bicyclic) bond motifs is 1. The molecule has 148 valence electrons. The van der Waals surface area contributed by atoms with Crippen LogP contribution in [0.2, 0.25) is 0 Å². The normalized spacial score (nSPS) is 12.4. The second-order valence-electron chi connectivity index (χ2n) is 6.35. The number of hydrogen-bond donors (Lipinski definition) is 0. The van der Waals surface area contributed by atoms with Gasteiger partial charge in [-0.1, -0.05) is 18.2 Å². The highest BCUT2D eigenvalue weighted by atomic mass is 19.1. The molecule has 0 atom stereocenters. The SMILES string of the molecule is CCN(Cc1cccc(F)c1)C(=O)COC(=O)Cc1ccc2c(c1)OCCO2. The third-order valence-electron chi connectivity index (χ3n) is 4.31. The molecule has 0 N–H and O–H groups in total. The summed E-state index contributed by atoms with van der Waals surface area (Å²) in [5.41, 5.74) is 1.40. The van der Waals surface area contributed by atoms with E-state index in [-0.39, 0.29) is 31.3 Å². The Balaban J connectivity index is 1.50. The summed E-state index contributed by atoms with van der Waals surface area (Å²) >= 11 is 0. The maximum Gasteiger partial charge on any atom is 0.310 e. The number of carbonyl (C=O) groups is 2. The quantitative estimate of drug-likeness (QED) is 0.684. The highest BCUT2D eigenvalue weighted by Crippen LogP contribution is 2.30. The van der Waals surface area contributed by atoms with Crippen molar-refractivity contribution in [1.82, 2.24) is 4.90 Å². The summed E-state index contributed by atoms with van der Waals surface area (Å²) in [6.07, 6.45) is 0.0277. The van der Waals surface area contributed by atoms with Crippen LogP contribution in [0.15, 0.2) is 42.5 Å². The van der Waals surface area contributed by atoms with Crippen molar-refractivity contribution in [2.75, 3.05) is 26.4 Å². The van der Waals surface area contributed by atoms with Crippen LogP contribution in [-0.2, 0) is 27.3 Å². The molecule has 1 aliphatic rings. The Bertz CT molecular complexity index is 854. The molecule has 0 unspecified atom stereocenters. The average molecular weight is 387 g/mol. The largest absolute Gasteiger partial charge is 0.486 e. The molecule has 0 spiro atoms. The first-order valence-electron chi connectivity index (χ1n) is 9.11. The summed E-state index contributed by atoms with van der Waals surface area (Å²) in [5, 5.41) is 0. The van der Waals surface area contributed by atoms with Gasteiger partial charge in [-0.15, -0.1) is 0 Å². The van der Waals surface area contributed by atoms with Crippen LogP contribution in [0.25, 0.3) is 0 Å². The molecular weight excluding hydrogens is 365 g/mol. The fraction of sp³-hybridized carbons (Fsp3) is 0.333. The molecule has 1 aliphatic heterocycles. The molecule has 0 aliphatic carbocycles. The molecule has 0 aromatic heterocycles. The van der Waals surface area contributed by atoms with E-state index in [1.807, 2.05) is 6.92 Å². The number of benzene rings is 2. The first-order chi connectivity index (χ1) is 13.5. The Kier molecular flexibility index (Phi) is 6.47. The highest BCUT2D eigenvalue weighted by Gasteiger charge is 2.17. The summed E-state index contributed by atoms with van der Waals surface area (Å²) < 4.78 is 29.4. The lowest BCUT2D eigenvalue weighted by Crippen LogP contribution is -2.34. The zero-order chi connectivity index (χ0) is 19.9. The molecule has 2 aromatic rings. The fourth-order valence-corrected chi connectivity index (χ4v) is 2.88. The summed E-state index contributed by atoms with van der Waals surface area (Å²) in [6.45, 7) is 3.11. The van der Waals surface area contributed by atoms with Gasteiger partial charge < -0.3 is 19.1 Å². The van der Waals surface area contributed by atoms with Crippen molar-refractivity contribution in [2.45, 2.75) is 19.9 Å². The van der Waals surface area contributed by atoms with Crippen molar-refractivity contribution < 1.29 is 28.2 Å². The lowest BCUT2D eigenvalue weighted by molar-refractivity contribution is -0.151. The van der Waals surface area contributed by atoms with Gasteiger partial charge in [0.05, 0.1) is 6.42 Å². The van der Waals surface area contributed by atoms with E-state index in [1.54, 1.807) is 30.3 Å². The molecule has 0 saturated heterocycles. The number of hydrogen-bond acceptors (Lipinski definition) is 5. The highest BCUT2D eigenvalue weighted by molar-refractivity contribution is 5.81. The molecule has 1 heterocycles. The van der Waals surface area contributed by atoms with Crippen LogP contribution < -0.4 is 9.47 Å². The third kappa shape index (κ3) is 5.22. The van der Waals surface area contributed by atoms with Crippen molar-refractivity contribution in [1.29, 1.82) is 0 Å². The van der Waals surface area contributed by atoms with Gasteiger partial charge in [-0.3, -0.25) is 9.59 Å². The maximum atomic E-state index is 13.3. The predicted octanol–water partition coefficient (Wildman–Crippen LogP) is 2.73. The Morgan fingerprint density at radius 1 is 1.07 bits per heavy atom. The van der Waals surface area contributed by atoms with Crippen LogP contribution in [0.4, 0.5) is 4.39 Å². The minimum Gasteiger partial charge on any atom is -0.486 e. The monoisotopic (exact) mass is 387 g/mol. The van der Waals surface area contributed by atoms with Crippen LogP contribution in [0.3, 0.4) is 0 Å². The molecule has 2 aromatic carbocycles. The maximum absolute atomic E-state index is 13.3. The van der Waals surface area contributed by atoms with E-state index in [2.05, 4.69) is 0 Å². The first-order valence-corrected chi connectivity index (χ1v) is 9.11. The molecule has 0 fully saturated rings. The van der Waals surface area contributed by atoms with E-state index >= 15 is 0 Å². The molecule has 7 heteroatoms. The van der Waals surface area contributed by atoms with E-state index in [0.717, 1.165) is 0 Å². The van der Waals surface area contributed by atoms with Crippen LogP contribution in [-0.4, -0.2) is 43.1 Å². The minimum absolute atomic E-state index is 0.0277. The number of likely N-dealkylation sites (N-methyl/N-ethyl adjacent to an activating group) is 1. The summed E-state index contributed by atoms with van der Waals surface area (Å²) in [5.74, 6) is 0.0512. The average Bonchev–Trinajstić information content (AvgIpc) is 2.70. The second-order valence-corrected chi connectivity index (χ2v) is 6.35. The number of halogens is 1. The zero-order valence-corrected chi connectivity index (χ0v) is 15.7. The Morgan fingerprint density at radius 3 is 2.61 bits per heavy atom. The Hall–Kier alpha value is -3.09. The van der Waals surface area contributed by atoms with Gasteiger partial charge in [0, 0.05) is 13.1 Å². The second kappa shape index (κ2) is 9.21. The predicted molar refractivity (Wildman–Crippen MR) is 99.6 cm³/mol. The van der Waals surface area contributed by atoms with Crippen molar-refractivity contribution in [3.8, 4) is 11.5 Å². The molecule has 0 saturated carbocycles. The summed E-state index contributed by atoms with van der Waals surface area (Å²) in [7, 11) is 0. The van der Waals surface area contributed by atoms with Crippen LogP contribution in [0, 0.1) is 5.82 Å². The fourth-order valence-electron chi connectivity index (χ4n) is 2.88. The summed E-state index contributed by atoms with van der Waals surface area (Å²) in [4.78, 5) is 25.9. The number of rotatable bonds is 7. The van der Waals surface area contributed by atoms with Gasteiger partial charge >= 0.3 is 5.97 Å². The molecule has 3 rings (SSSR count). The van der Waals surface area contributed by atoms with Gasteiger partial charge in [-0.25, -0.2) is 4.39 Å². The molecular formula is C21H22FNO5. The van der Waals surface area contributed by atoms with Crippen LogP contribution in [0.5, 0.6) is 11.5 Å². The van der Waals surface area contributed by atoms with E-state index in [0.29, 0.717) is 42.4 Å². The van der Waals surface area contributed by atoms with Gasteiger partial charge in [-0.2, -0.15) is 0 Å². The van der Waals surface area contributed by atoms with Gasteiger partial charge in [0.1, 0.15) is 19.0 Å². The number of nitrogens with zero attached hydrogens (tertiary/aromatic N) is 1. The van der Waals surface area contributed by atoms with Crippen molar-refractivity contribution in [2.24, 2.45) is 0 Å². The molecule has 0 bridgehead atoms. The zero-order valence-electron chi connectivity index (χ0n) is 15.7. The smallest absolute Gasteiger partial charge is 0.310 e. The Morgan fingerprint density at radius 2 is 1.86 bits per heavy atom. The van der Waals surface area contributed by atoms with Crippen LogP contribution in [0.1, 0.15) is 18.1 Å². The molecule has 0 radical (unpaired) electrons. The van der Waals surface area contributed by atoms with Crippen molar-refractivity contribution >= 4 is 11.9 Å². The van der Waals surface area contributed by atoms with Gasteiger partial charge in [-0.05, 0) is 42.3 Å². The van der Waals surface area contributed by atoms with E-state index in [1.165, 1.54) is 17.0 Å². The number of esters is 1. The number of carbonyl (C=O) groups excluding carboxylic acids is 2. The number of ether oxygens (including phenoxy) is 3. The van der Waals surface area contributed by atoms with Gasteiger partial charge in [0.25, 0.3) is 5.91 Å².